The van der Waals surface area contributed by atoms with Crippen LogP contribution in [0.2, 0.25) is 10.0 Å². The number of ketones is 1. The first-order chi connectivity index (χ1) is 11.1. The van der Waals surface area contributed by atoms with Gasteiger partial charge in [-0.25, -0.2) is 0 Å². The third-order valence-electron chi connectivity index (χ3n) is 4.06. The Hall–Kier alpha value is -1.77. The molecule has 2 nitrogen and oxygen atoms in total. The van der Waals surface area contributed by atoms with E-state index >= 15 is 0 Å². The third-order valence-corrected chi connectivity index (χ3v) is 4.56. The molecule has 0 spiro atoms. The Labute approximate surface area is 146 Å². The molecule has 0 heterocycles. The highest BCUT2D eigenvalue weighted by atomic mass is 35.5. The second kappa shape index (κ2) is 7.20. The Bertz CT molecular complexity index is 720. The van der Waals surface area contributed by atoms with Crippen molar-refractivity contribution >= 4 is 40.7 Å². The van der Waals surface area contributed by atoms with Gasteiger partial charge in [-0.3, -0.25) is 4.79 Å². The van der Waals surface area contributed by atoms with E-state index in [9.17, 15) is 4.79 Å². The summed E-state index contributed by atoms with van der Waals surface area (Å²) in [5, 5.41) is 4.72. The van der Waals surface area contributed by atoms with Crippen molar-refractivity contribution in [1.29, 1.82) is 0 Å². The van der Waals surface area contributed by atoms with Gasteiger partial charge in [-0.1, -0.05) is 35.3 Å². The maximum atomic E-state index is 12.5. The minimum Gasteiger partial charge on any atom is -0.384 e. The second-order valence-electron chi connectivity index (χ2n) is 5.71. The number of Topliss-reactive ketones (excluding diaryl/α,β-unsaturated/α-hetero) is 1. The highest BCUT2D eigenvalue weighted by Gasteiger charge is 2.28. The van der Waals surface area contributed by atoms with E-state index in [4.69, 9.17) is 23.2 Å². The number of nitrogens with one attached hydrogen (secondary N) is 1. The van der Waals surface area contributed by atoms with Crippen LogP contribution in [0, 0.1) is 5.92 Å². The summed E-state index contributed by atoms with van der Waals surface area (Å²) in [7, 11) is 0. The first-order valence-electron chi connectivity index (χ1n) is 7.61. The van der Waals surface area contributed by atoms with E-state index in [1.807, 2.05) is 54.6 Å². The summed E-state index contributed by atoms with van der Waals surface area (Å²) in [6, 6.07) is 15.1. The smallest absolute Gasteiger partial charge is 0.163 e. The molecule has 1 fully saturated rings. The molecule has 2 aromatic carbocycles. The molecule has 3 rings (SSSR count). The highest BCUT2D eigenvalue weighted by molar-refractivity contribution is 6.30. The molecule has 118 valence electrons. The predicted molar refractivity (Wildman–Crippen MR) is 97.1 cm³/mol. The van der Waals surface area contributed by atoms with Crippen LogP contribution < -0.4 is 5.32 Å². The maximum Gasteiger partial charge on any atom is 0.163 e. The fourth-order valence-corrected chi connectivity index (χ4v) is 3.01. The molecular formula is C19H17Cl2NO. The van der Waals surface area contributed by atoms with Crippen LogP contribution in [0.1, 0.15) is 18.4 Å². The molecule has 1 aliphatic rings. The maximum absolute atomic E-state index is 12.5. The van der Waals surface area contributed by atoms with E-state index in [2.05, 4.69) is 5.32 Å². The molecule has 1 saturated carbocycles. The zero-order valence-electron chi connectivity index (χ0n) is 12.6. The van der Waals surface area contributed by atoms with Gasteiger partial charge in [-0.2, -0.15) is 0 Å². The average Bonchev–Trinajstić information content (AvgIpc) is 2.90. The molecule has 2 aromatic rings. The van der Waals surface area contributed by atoms with E-state index in [-0.39, 0.29) is 11.7 Å². The minimum absolute atomic E-state index is 0.0317. The van der Waals surface area contributed by atoms with Crippen LogP contribution in [-0.4, -0.2) is 12.3 Å². The number of benzene rings is 2. The Kier molecular flexibility index (Phi) is 5.04. The van der Waals surface area contributed by atoms with Crippen molar-refractivity contribution in [2.45, 2.75) is 12.8 Å². The van der Waals surface area contributed by atoms with Crippen LogP contribution in [0.4, 0.5) is 5.69 Å². The number of carbonyl (C=O) groups excluding carboxylic acids is 1. The number of rotatable bonds is 4. The van der Waals surface area contributed by atoms with Crippen molar-refractivity contribution in [2.75, 3.05) is 11.9 Å². The van der Waals surface area contributed by atoms with Gasteiger partial charge < -0.3 is 5.32 Å². The summed E-state index contributed by atoms with van der Waals surface area (Å²) in [5.41, 5.74) is 2.90. The molecular weight excluding hydrogens is 329 g/mol. The van der Waals surface area contributed by atoms with E-state index in [0.717, 1.165) is 29.7 Å². The van der Waals surface area contributed by atoms with Crippen molar-refractivity contribution in [3.63, 3.8) is 0 Å². The number of hydrogen-bond donors (Lipinski definition) is 1. The lowest BCUT2D eigenvalue weighted by atomic mass is 10.0. The van der Waals surface area contributed by atoms with E-state index in [0.29, 0.717) is 16.6 Å². The Morgan fingerprint density at radius 2 is 1.61 bits per heavy atom. The van der Waals surface area contributed by atoms with Crippen LogP contribution in [0.5, 0.6) is 0 Å². The Balaban J connectivity index is 1.62. The molecule has 0 aromatic heterocycles. The van der Waals surface area contributed by atoms with Crippen LogP contribution in [0.15, 0.2) is 54.1 Å². The fraction of sp³-hybridized carbons (Fsp3) is 0.211. The van der Waals surface area contributed by atoms with E-state index in [1.54, 1.807) is 0 Å². The number of halogens is 2. The summed E-state index contributed by atoms with van der Waals surface area (Å²) < 4.78 is 0. The highest BCUT2D eigenvalue weighted by Crippen LogP contribution is 2.29. The quantitative estimate of drug-likeness (QED) is 0.744. The number of anilines is 1. The van der Waals surface area contributed by atoms with Gasteiger partial charge in [0.1, 0.15) is 0 Å². The molecule has 0 saturated heterocycles. The average molecular weight is 346 g/mol. The van der Waals surface area contributed by atoms with Crippen molar-refractivity contribution in [2.24, 2.45) is 5.92 Å². The van der Waals surface area contributed by atoms with Gasteiger partial charge in [-0.05, 0) is 66.5 Å². The molecule has 0 bridgehead atoms. The minimum atomic E-state index is 0.0317. The molecule has 1 atom stereocenters. The number of hydrogen-bond acceptors (Lipinski definition) is 2. The third kappa shape index (κ3) is 4.15. The van der Waals surface area contributed by atoms with Gasteiger partial charge in [0.2, 0.25) is 0 Å². The van der Waals surface area contributed by atoms with Gasteiger partial charge in [0.25, 0.3) is 0 Å². The largest absolute Gasteiger partial charge is 0.384 e. The lowest BCUT2D eigenvalue weighted by Gasteiger charge is -2.10. The topological polar surface area (TPSA) is 29.1 Å². The second-order valence-corrected chi connectivity index (χ2v) is 6.58. The SMILES string of the molecule is O=C1/C(=C/c2ccc(Cl)cc2)CC[C@@H]1CNc1ccc(Cl)cc1. The molecule has 0 unspecified atom stereocenters. The lowest BCUT2D eigenvalue weighted by molar-refractivity contribution is -0.117. The number of carbonyl (C=O) groups is 1. The summed E-state index contributed by atoms with van der Waals surface area (Å²) in [6.45, 7) is 0.651. The molecule has 0 aliphatic heterocycles. The van der Waals surface area contributed by atoms with Crippen molar-refractivity contribution in [1.82, 2.24) is 0 Å². The zero-order valence-corrected chi connectivity index (χ0v) is 14.1. The normalized spacial score (nSPS) is 19.3. The molecule has 23 heavy (non-hydrogen) atoms. The van der Waals surface area contributed by atoms with Crippen molar-refractivity contribution in [3.05, 3.63) is 69.7 Å². The van der Waals surface area contributed by atoms with E-state index in [1.165, 1.54) is 0 Å². The lowest BCUT2D eigenvalue weighted by Crippen LogP contribution is -2.18. The molecule has 1 N–H and O–H groups in total. The summed E-state index contributed by atoms with van der Waals surface area (Å²) in [4.78, 5) is 12.5. The van der Waals surface area contributed by atoms with Crippen molar-refractivity contribution in [3.8, 4) is 0 Å². The molecule has 0 amide bonds. The Morgan fingerprint density at radius 3 is 2.26 bits per heavy atom. The predicted octanol–water partition coefficient (Wildman–Crippen LogP) is 5.47. The van der Waals surface area contributed by atoms with Crippen LogP contribution in [-0.2, 0) is 4.79 Å². The van der Waals surface area contributed by atoms with E-state index < -0.39 is 0 Å². The van der Waals surface area contributed by atoms with Crippen molar-refractivity contribution < 1.29 is 4.79 Å². The molecule has 1 aliphatic carbocycles. The number of allylic oxidation sites excluding steroid dienone is 1. The monoisotopic (exact) mass is 345 g/mol. The summed E-state index contributed by atoms with van der Waals surface area (Å²) >= 11 is 11.8. The van der Waals surface area contributed by atoms with Crippen LogP contribution in [0.25, 0.3) is 6.08 Å². The first-order valence-corrected chi connectivity index (χ1v) is 8.37. The summed E-state index contributed by atoms with van der Waals surface area (Å²) in [6.07, 6.45) is 3.69. The standard InChI is InChI=1S/C19H17Cl2NO/c20-16-5-1-13(2-6-16)11-14-3-4-15(19(14)23)12-22-18-9-7-17(21)8-10-18/h1-2,5-11,15,22H,3-4,12H2/b14-11+/t15-/m1/s1. The van der Waals surface area contributed by atoms with Gasteiger partial charge in [0, 0.05) is 28.2 Å². The molecule has 0 radical (unpaired) electrons. The van der Waals surface area contributed by atoms with Gasteiger partial charge >= 0.3 is 0 Å². The summed E-state index contributed by atoms with van der Waals surface area (Å²) in [5.74, 6) is 0.269. The van der Waals surface area contributed by atoms with Crippen LogP contribution >= 0.6 is 23.2 Å². The fourth-order valence-electron chi connectivity index (χ4n) is 2.75. The van der Waals surface area contributed by atoms with Gasteiger partial charge in [0.15, 0.2) is 5.78 Å². The van der Waals surface area contributed by atoms with Gasteiger partial charge in [-0.15, -0.1) is 0 Å². The van der Waals surface area contributed by atoms with Crippen LogP contribution in [0.3, 0.4) is 0 Å². The zero-order chi connectivity index (χ0) is 16.2. The first kappa shape index (κ1) is 16.1. The van der Waals surface area contributed by atoms with Gasteiger partial charge in [0.05, 0.1) is 0 Å². The Morgan fingerprint density at radius 1 is 1.00 bits per heavy atom. The molecule has 4 heteroatoms.